The Kier molecular flexibility index (Phi) is 2.26. The highest BCUT2D eigenvalue weighted by molar-refractivity contribution is 5.96. The Labute approximate surface area is 85.0 Å². The van der Waals surface area contributed by atoms with Crippen molar-refractivity contribution in [3.8, 4) is 0 Å². The van der Waals surface area contributed by atoms with Crippen LogP contribution in [0.15, 0.2) is 11.1 Å². The number of fused-ring (bicyclic) bond motifs is 1. The average Bonchev–Trinajstić information content (AvgIpc) is 2.12. The molecule has 0 saturated heterocycles. The van der Waals surface area contributed by atoms with Crippen LogP contribution in [0.2, 0.25) is 0 Å². The minimum absolute atomic E-state index is 0.107. The van der Waals surface area contributed by atoms with E-state index in [1.54, 1.807) is 0 Å². The van der Waals surface area contributed by atoms with Gasteiger partial charge in [0.1, 0.15) is 0 Å². The molecule has 14 heavy (non-hydrogen) atoms. The van der Waals surface area contributed by atoms with Gasteiger partial charge in [-0.15, -0.1) is 0 Å². The zero-order valence-corrected chi connectivity index (χ0v) is 8.97. The molecule has 1 fully saturated rings. The van der Waals surface area contributed by atoms with E-state index in [-0.39, 0.29) is 11.5 Å². The van der Waals surface area contributed by atoms with E-state index in [0.717, 1.165) is 31.3 Å². The fourth-order valence-electron chi connectivity index (χ4n) is 3.00. The smallest absolute Gasteiger partial charge is 0.158 e. The van der Waals surface area contributed by atoms with E-state index < -0.39 is 0 Å². The van der Waals surface area contributed by atoms with Crippen molar-refractivity contribution in [3.63, 3.8) is 0 Å². The molecule has 2 heteroatoms. The lowest BCUT2D eigenvalue weighted by atomic mass is 9.63. The summed E-state index contributed by atoms with van der Waals surface area (Å²) in [4.78, 5) is 11.6. The Balaban J connectivity index is 2.37. The zero-order chi connectivity index (χ0) is 10.3. The summed E-state index contributed by atoms with van der Waals surface area (Å²) in [6.45, 7) is 4.15. The Hall–Kier alpha value is -0.630. The minimum Gasteiger partial charge on any atom is -0.393 e. The van der Waals surface area contributed by atoms with Crippen LogP contribution in [0.4, 0.5) is 0 Å². The molecule has 0 radical (unpaired) electrons. The molecule has 0 aromatic carbocycles. The summed E-state index contributed by atoms with van der Waals surface area (Å²) in [6, 6.07) is 0. The van der Waals surface area contributed by atoms with E-state index in [1.807, 2.05) is 6.92 Å². The van der Waals surface area contributed by atoms with Gasteiger partial charge >= 0.3 is 0 Å². The van der Waals surface area contributed by atoms with Gasteiger partial charge in [-0.1, -0.05) is 12.5 Å². The summed E-state index contributed by atoms with van der Waals surface area (Å²) in [5, 5.41) is 9.66. The third-order valence-electron chi connectivity index (χ3n) is 3.92. The normalized spacial score (nSPS) is 38.5. The molecule has 2 rings (SSSR count). The number of aliphatic hydroxyl groups excluding tert-OH is 1. The molecule has 0 aromatic rings. The Bertz CT molecular complexity index is 303. The van der Waals surface area contributed by atoms with Gasteiger partial charge in [-0.3, -0.25) is 4.79 Å². The number of Topliss-reactive ketones (excluding diaryl/α,β-unsaturated/α-hetero) is 1. The number of ketones is 1. The molecule has 2 unspecified atom stereocenters. The van der Waals surface area contributed by atoms with Crippen molar-refractivity contribution in [2.45, 2.75) is 52.1 Å². The van der Waals surface area contributed by atoms with Crippen molar-refractivity contribution in [1.82, 2.24) is 0 Å². The van der Waals surface area contributed by atoms with Crippen molar-refractivity contribution < 1.29 is 9.90 Å². The molecule has 0 aromatic heterocycles. The quantitative estimate of drug-likeness (QED) is 0.642. The molecule has 2 aliphatic carbocycles. The number of carbonyl (C=O) groups excluding carboxylic acids is 1. The van der Waals surface area contributed by atoms with Gasteiger partial charge < -0.3 is 5.11 Å². The van der Waals surface area contributed by atoms with Crippen LogP contribution >= 0.6 is 0 Å². The second kappa shape index (κ2) is 3.20. The SMILES string of the molecule is CC1=C2CCC(O)CC2(C)CCC1=O. The molecule has 2 nitrogen and oxygen atoms in total. The van der Waals surface area contributed by atoms with Crippen molar-refractivity contribution in [3.05, 3.63) is 11.1 Å². The number of rotatable bonds is 0. The Morgan fingerprint density at radius 2 is 2.14 bits per heavy atom. The standard InChI is InChI=1S/C12H18O2/c1-8-10-4-3-9(13)7-12(10,2)6-5-11(8)14/h9,13H,3-7H2,1-2H3. The first kappa shape index (κ1) is 9.91. The minimum atomic E-state index is -0.162. The summed E-state index contributed by atoms with van der Waals surface area (Å²) in [5.74, 6) is 0.314. The summed E-state index contributed by atoms with van der Waals surface area (Å²) in [6.07, 6.45) is 4.01. The highest BCUT2D eigenvalue weighted by Crippen LogP contribution is 2.48. The fraction of sp³-hybridized carbons (Fsp3) is 0.750. The molecule has 1 saturated carbocycles. The van der Waals surface area contributed by atoms with E-state index >= 15 is 0 Å². The van der Waals surface area contributed by atoms with Crippen LogP contribution in [0, 0.1) is 5.41 Å². The lowest BCUT2D eigenvalue weighted by Gasteiger charge is -2.42. The van der Waals surface area contributed by atoms with Crippen molar-refractivity contribution in [1.29, 1.82) is 0 Å². The van der Waals surface area contributed by atoms with E-state index in [9.17, 15) is 9.90 Å². The number of hydrogen-bond donors (Lipinski definition) is 1. The third kappa shape index (κ3) is 1.42. The summed E-state index contributed by atoms with van der Waals surface area (Å²) >= 11 is 0. The van der Waals surface area contributed by atoms with Gasteiger partial charge in [0.25, 0.3) is 0 Å². The van der Waals surface area contributed by atoms with E-state index in [1.165, 1.54) is 5.57 Å². The van der Waals surface area contributed by atoms with Crippen LogP contribution in [-0.4, -0.2) is 17.0 Å². The lowest BCUT2D eigenvalue weighted by Crippen LogP contribution is -2.35. The van der Waals surface area contributed by atoms with Crippen LogP contribution < -0.4 is 0 Å². The highest BCUT2D eigenvalue weighted by Gasteiger charge is 2.40. The second-order valence-electron chi connectivity index (χ2n) is 4.98. The first-order valence-electron chi connectivity index (χ1n) is 5.44. The molecule has 78 valence electrons. The van der Waals surface area contributed by atoms with Crippen molar-refractivity contribution in [2.24, 2.45) is 5.41 Å². The summed E-state index contributed by atoms with van der Waals surface area (Å²) in [5.41, 5.74) is 2.40. The Morgan fingerprint density at radius 1 is 1.43 bits per heavy atom. The molecule has 0 amide bonds. The number of carbonyl (C=O) groups is 1. The van der Waals surface area contributed by atoms with Gasteiger partial charge in [0.15, 0.2) is 5.78 Å². The van der Waals surface area contributed by atoms with Crippen LogP contribution in [0.25, 0.3) is 0 Å². The number of aliphatic hydroxyl groups is 1. The monoisotopic (exact) mass is 194 g/mol. The maximum absolute atomic E-state index is 11.6. The highest BCUT2D eigenvalue weighted by atomic mass is 16.3. The average molecular weight is 194 g/mol. The topological polar surface area (TPSA) is 37.3 Å². The van der Waals surface area contributed by atoms with Gasteiger partial charge in [-0.2, -0.15) is 0 Å². The second-order valence-corrected chi connectivity index (χ2v) is 4.98. The number of allylic oxidation sites excluding steroid dienone is 2. The van der Waals surface area contributed by atoms with Crippen LogP contribution in [0.1, 0.15) is 46.0 Å². The fourth-order valence-corrected chi connectivity index (χ4v) is 3.00. The largest absolute Gasteiger partial charge is 0.393 e. The molecule has 0 heterocycles. The predicted octanol–water partition coefficient (Wildman–Crippen LogP) is 2.22. The maximum atomic E-state index is 11.6. The molecule has 0 bridgehead atoms. The van der Waals surface area contributed by atoms with Gasteiger partial charge in [-0.05, 0) is 43.6 Å². The van der Waals surface area contributed by atoms with Crippen LogP contribution in [0.3, 0.4) is 0 Å². The first-order valence-corrected chi connectivity index (χ1v) is 5.44. The van der Waals surface area contributed by atoms with Gasteiger partial charge in [0.05, 0.1) is 6.10 Å². The third-order valence-corrected chi connectivity index (χ3v) is 3.92. The molecular formula is C12H18O2. The maximum Gasteiger partial charge on any atom is 0.158 e. The summed E-state index contributed by atoms with van der Waals surface area (Å²) < 4.78 is 0. The molecule has 0 aliphatic heterocycles. The molecule has 2 aliphatic rings. The van der Waals surface area contributed by atoms with Gasteiger partial charge in [-0.25, -0.2) is 0 Å². The predicted molar refractivity (Wildman–Crippen MR) is 54.9 cm³/mol. The van der Waals surface area contributed by atoms with Crippen molar-refractivity contribution >= 4 is 5.78 Å². The van der Waals surface area contributed by atoms with Crippen molar-refractivity contribution in [2.75, 3.05) is 0 Å². The van der Waals surface area contributed by atoms with Gasteiger partial charge in [0, 0.05) is 6.42 Å². The van der Waals surface area contributed by atoms with E-state index in [0.29, 0.717) is 12.2 Å². The van der Waals surface area contributed by atoms with Crippen LogP contribution in [0.5, 0.6) is 0 Å². The zero-order valence-electron chi connectivity index (χ0n) is 8.97. The Morgan fingerprint density at radius 3 is 2.86 bits per heavy atom. The summed E-state index contributed by atoms with van der Waals surface area (Å²) in [7, 11) is 0. The first-order chi connectivity index (χ1) is 6.53. The van der Waals surface area contributed by atoms with E-state index in [4.69, 9.17) is 0 Å². The molecule has 1 N–H and O–H groups in total. The van der Waals surface area contributed by atoms with E-state index in [2.05, 4.69) is 6.92 Å². The van der Waals surface area contributed by atoms with Crippen LogP contribution in [-0.2, 0) is 4.79 Å². The lowest BCUT2D eigenvalue weighted by molar-refractivity contribution is -0.117. The van der Waals surface area contributed by atoms with Gasteiger partial charge in [0.2, 0.25) is 0 Å². The number of hydrogen-bond acceptors (Lipinski definition) is 2. The molecular weight excluding hydrogens is 176 g/mol. The molecule has 0 spiro atoms. The molecule has 2 atom stereocenters.